The van der Waals surface area contributed by atoms with Crippen molar-refractivity contribution < 1.29 is 9.53 Å². The Balaban J connectivity index is 1.75. The fourth-order valence-electron chi connectivity index (χ4n) is 2.60. The summed E-state index contributed by atoms with van der Waals surface area (Å²) < 4.78 is 5.35. The molecule has 1 amide bonds. The van der Waals surface area contributed by atoms with Gasteiger partial charge in [-0.2, -0.15) is 0 Å². The van der Waals surface area contributed by atoms with Crippen molar-refractivity contribution in [3.63, 3.8) is 0 Å². The van der Waals surface area contributed by atoms with Gasteiger partial charge in [-0.3, -0.25) is 4.90 Å². The lowest BCUT2D eigenvalue weighted by atomic mass is 9.72. The molecule has 2 fully saturated rings. The highest BCUT2D eigenvalue weighted by molar-refractivity contribution is 5.69. The Labute approximate surface area is 104 Å². The van der Waals surface area contributed by atoms with E-state index in [1.54, 1.807) is 0 Å². The lowest BCUT2D eigenvalue weighted by Crippen LogP contribution is -2.73. The van der Waals surface area contributed by atoms with Crippen molar-refractivity contribution in [1.29, 1.82) is 0 Å². The largest absolute Gasteiger partial charge is 0.444 e. The van der Waals surface area contributed by atoms with Gasteiger partial charge in [0.2, 0.25) is 0 Å². The fraction of sp³-hybridized carbons (Fsp3) is 0.923. The maximum atomic E-state index is 11.8. The van der Waals surface area contributed by atoms with Crippen LogP contribution in [0.15, 0.2) is 0 Å². The van der Waals surface area contributed by atoms with Gasteiger partial charge < -0.3 is 9.64 Å². The lowest BCUT2D eigenvalue weighted by Gasteiger charge is -2.61. The maximum Gasteiger partial charge on any atom is 0.410 e. The molecule has 4 nitrogen and oxygen atoms in total. The molecule has 1 spiro atoms. The van der Waals surface area contributed by atoms with Crippen LogP contribution in [0.3, 0.4) is 0 Å². The molecule has 0 bridgehead atoms. The van der Waals surface area contributed by atoms with Gasteiger partial charge in [-0.1, -0.05) is 0 Å². The number of amides is 1. The highest BCUT2D eigenvalue weighted by atomic mass is 16.6. The van der Waals surface area contributed by atoms with Crippen LogP contribution in [0.5, 0.6) is 0 Å². The molecule has 98 valence electrons. The average molecular weight is 240 g/mol. The molecule has 0 aromatic rings. The molecule has 0 atom stereocenters. The maximum absolute atomic E-state index is 11.8. The fourth-order valence-corrected chi connectivity index (χ4v) is 2.60. The van der Waals surface area contributed by atoms with Gasteiger partial charge in [-0.15, -0.1) is 0 Å². The molecule has 0 saturated carbocycles. The Morgan fingerprint density at radius 1 is 1.18 bits per heavy atom. The molecule has 0 radical (unpaired) electrons. The molecular weight excluding hydrogens is 216 g/mol. The molecule has 2 aliphatic heterocycles. The zero-order valence-corrected chi connectivity index (χ0v) is 11.6. The summed E-state index contributed by atoms with van der Waals surface area (Å²) in [6.07, 6.45) is -0.161. The van der Waals surface area contributed by atoms with E-state index in [0.717, 1.165) is 26.2 Å². The second-order valence-electron chi connectivity index (χ2n) is 6.84. The van der Waals surface area contributed by atoms with Crippen LogP contribution in [0.2, 0.25) is 0 Å². The van der Waals surface area contributed by atoms with Crippen LogP contribution in [0, 0.1) is 5.41 Å². The third-order valence-corrected chi connectivity index (χ3v) is 3.51. The third kappa shape index (κ3) is 2.57. The summed E-state index contributed by atoms with van der Waals surface area (Å²) in [7, 11) is 0. The van der Waals surface area contributed by atoms with E-state index >= 15 is 0 Å². The molecule has 0 aromatic carbocycles. The van der Waals surface area contributed by atoms with E-state index in [-0.39, 0.29) is 11.7 Å². The minimum absolute atomic E-state index is 0.161. The first-order valence-corrected chi connectivity index (χ1v) is 6.43. The molecule has 0 aliphatic carbocycles. The van der Waals surface area contributed by atoms with Crippen LogP contribution in [-0.2, 0) is 4.74 Å². The van der Waals surface area contributed by atoms with Crippen LogP contribution >= 0.6 is 0 Å². The van der Waals surface area contributed by atoms with Crippen molar-refractivity contribution in [2.24, 2.45) is 5.41 Å². The van der Waals surface area contributed by atoms with Crippen LogP contribution < -0.4 is 0 Å². The summed E-state index contributed by atoms with van der Waals surface area (Å²) in [5.74, 6) is 0. The Bertz CT molecular complexity index is 306. The van der Waals surface area contributed by atoms with Gasteiger partial charge >= 0.3 is 6.09 Å². The van der Waals surface area contributed by atoms with E-state index in [9.17, 15) is 4.79 Å². The Morgan fingerprint density at radius 2 is 1.71 bits per heavy atom. The standard InChI is InChI=1S/C13H24N2O2/c1-10(2)14-6-13(7-14)8-15(9-13)11(16)17-12(3,4)5/h10H,6-9H2,1-5H3. The second-order valence-corrected chi connectivity index (χ2v) is 6.84. The predicted molar refractivity (Wildman–Crippen MR) is 66.9 cm³/mol. The number of likely N-dealkylation sites (tertiary alicyclic amines) is 2. The summed E-state index contributed by atoms with van der Waals surface area (Å²) in [6, 6.07) is 0.621. The Kier molecular flexibility index (Phi) is 2.89. The van der Waals surface area contributed by atoms with Gasteiger partial charge in [0.05, 0.1) is 0 Å². The molecule has 0 unspecified atom stereocenters. The van der Waals surface area contributed by atoms with Crippen molar-refractivity contribution in [3.8, 4) is 0 Å². The van der Waals surface area contributed by atoms with E-state index in [4.69, 9.17) is 4.74 Å². The first-order chi connectivity index (χ1) is 7.71. The van der Waals surface area contributed by atoms with Crippen LogP contribution in [0.4, 0.5) is 4.79 Å². The van der Waals surface area contributed by atoms with Gasteiger partial charge in [0, 0.05) is 37.6 Å². The molecule has 0 aromatic heterocycles. The summed E-state index contributed by atoms with van der Waals surface area (Å²) in [5.41, 5.74) is -0.00933. The SMILES string of the molecule is CC(C)N1CC2(CN(C(=O)OC(C)(C)C)C2)C1. The number of carbonyl (C=O) groups is 1. The molecular formula is C13H24N2O2. The number of hydrogen-bond donors (Lipinski definition) is 0. The van der Waals surface area contributed by atoms with Crippen molar-refractivity contribution in [3.05, 3.63) is 0 Å². The highest BCUT2D eigenvalue weighted by Crippen LogP contribution is 2.40. The normalized spacial score (nSPS) is 23.5. The second kappa shape index (κ2) is 3.87. The van der Waals surface area contributed by atoms with E-state index in [1.165, 1.54) is 0 Å². The highest BCUT2D eigenvalue weighted by Gasteiger charge is 2.54. The average Bonchev–Trinajstić information content (AvgIpc) is 1.93. The first kappa shape index (κ1) is 12.7. The zero-order valence-electron chi connectivity index (χ0n) is 11.6. The molecule has 2 heterocycles. The molecule has 0 N–H and O–H groups in total. The van der Waals surface area contributed by atoms with Crippen molar-refractivity contribution in [2.75, 3.05) is 26.2 Å². The number of ether oxygens (including phenoxy) is 1. The van der Waals surface area contributed by atoms with Crippen LogP contribution in [0.25, 0.3) is 0 Å². The third-order valence-electron chi connectivity index (χ3n) is 3.51. The van der Waals surface area contributed by atoms with Crippen LogP contribution in [-0.4, -0.2) is 53.7 Å². The van der Waals surface area contributed by atoms with E-state index in [2.05, 4.69) is 18.7 Å². The van der Waals surface area contributed by atoms with Gasteiger partial charge in [0.1, 0.15) is 5.60 Å². The summed E-state index contributed by atoms with van der Waals surface area (Å²) in [4.78, 5) is 16.0. The van der Waals surface area contributed by atoms with Crippen molar-refractivity contribution >= 4 is 6.09 Å². The Morgan fingerprint density at radius 3 is 2.12 bits per heavy atom. The number of hydrogen-bond acceptors (Lipinski definition) is 3. The van der Waals surface area contributed by atoms with Gasteiger partial charge in [-0.05, 0) is 34.6 Å². The monoisotopic (exact) mass is 240 g/mol. The zero-order chi connectivity index (χ0) is 12.8. The molecule has 2 saturated heterocycles. The molecule has 4 heteroatoms. The van der Waals surface area contributed by atoms with Gasteiger partial charge in [0.25, 0.3) is 0 Å². The minimum atomic E-state index is -0.385. The van der Waals surface area contributed by atoms with Crippen molar-refractivity contribution in [2.45, 2.75) is 46.3 Å². The lowest BCUT2D eigenvalue weighted by molar-refractivity contribution is -0.122. The minimum Gasteiger partial charge on any atom is -0.444 e. The summed E-state index contributed by atoms with van der Waals surface area (Å²) in [6.45, 7) is 14.2. The number of rotatable bonds is 1. The topological polar surface area (TPSA) is 32.8 Å². The molecule has 2 aliphatic rings. The van der Waals surface area contributed by atoms with Crippen LogP contribution in [0.1, 0.15) is 34.6 Å². The summed E-state index contributed by atoms with van der Waals surface area (Å²) >= 11 is 0. The quantitative estimate of drug-likeness (QED) is 0.702. The predicted octanol–water partition coefficient (Wildman–Crippen LogP) is 1.95. The molecule has 17 heavy (non-hydrogen) atoms. The Hall–Kier alpha value is -0.770. The van der Waals surface area contributed by atoms with Gasteiger partial charge in [0.15, 0.2) is 0 Å². The smallest absolute Gasteiger partial charge is 0.410 e. The van der Waals surface area contributed by atoms with E-state index < -0.39 is 0 Å². The summed E-state index contributed by atoms with van der Waals surface area (Å²) in [5, 5.41) is 0. The van der Waals surface area contributed by atoms with Crippen molar-refractivity contribution in [1.82, 2.24) is 9.80 Å². The van der Waals surface area contributed by atoms with E-state index in [1.807, 2.05) is 25.7 Å². The van der Waals surface area contributed by atoms with Gasteiger partial charge in [-0.25, -0.2) is 4.79 Å². The van der Waals surface area contributed by atoms with E-state index in [0.29, 0.717) is 11.5 Å². The first-order valence-electron chi connectivity index (χ1n) is 6.43. The number of nitrogens with zero attached hydrogens (tertiary/aromatic N) is 2. The number of carbonyl (C=O) groups excluding carboxylic acids is 1. The molecule has 2 rings (SSSR count).